The van der Waals surface area contributed by atoms with Gasteiger partial charge in [-0.3, -0.25) is 9.69 Å². The zero-order valence-corrected chi connectivity index (χ0v) is 14.8. The predicted octanol–water partition coefficient (Wildman–Crippen LogP) is 3.50. The third-order valence-electron chi connectivity index (χ3n) is 4.39. The minimum Gasteiger partial charge on any atom is -0.496 e. The Bertz CT molecular complexity index is 790. The first-order chi connectivity index (χ1) is 12.6. The van der Waals surface area contributed by atoms with E-state index in [2.05, 4.69) is 4.74 Å². The number of ether oxygens (including phenoxy) is 3. The third-order valence-corrected chi connectivity index (χ3v) is 4.39. The van der Waals surface area contributed by atoms with Gasteiger partial charge in [0.05, 0.1) is 20.8 Å². The molecule has 26 heavy (non-hydrogen) atoms. The highest BCUT2D eigenvalue weighted by molar-refractivity contribution is 5.89. The summed E-state index contributed by atoms with van der Waals surface area (Å²) in [6.07, 6.45) is 0.0737. The Kier molecular flexibility index (Phi) is 5.41. The van der Waals surface area contributed by atoms with Gasteiger partial charge in [0, 0.05) is 12.1 Å². The van der Waals surface area contributed by atoms with Crippen molar-refractivity contribution in [3.8, 4) is 5.75 Å². The van der Waals surface area contributed by atoms with Crippen molar-refractivity contribution in [3.05, 3.63) is 59.7 Å². The fraction of sp³-hybridized carbons (Fsp3) is 0.300. The summed E-state index contributed by atoms with van der Waals surface area (Å²) < 4.78 is 15.6. The number of amides is 1. The summed E-state index contributed by atoms with van der Waals surface area (Å²) in [6, 6.07) is 15.1. The fourth-order valence-corrected chi connectivity index (χ4v) is 2.96. The van der Waals surface area contributed by atoms with Crippen molar-refractivity contribution in [2.45, 2.75) is 18.9 Å². The van der Waals surface area contributed by atoms with E-state index in [9.17, 15) is 9.59 Å². The number of cyclic esters (lactones) is 1. The molecule has 0 aromatic heterocycles. The van der Waals surface area contributed by atoms with Gasteiger partial charge in [-0.25, -0.2) is 4.79 Å². The standard InChI is InChI=1S/C20H21NO5/c1-24-17-12-15(9-8-14(17)10-11-19(22)25-2)18-13-21(20(23)26-18)16-6-4-3-5-7-16/h3-9,12,18H,10-11,13H2,1-2H3. The van der Waals surface area contributed by atoms with Gasteiger partial charge < -0.3 is 14.2 Å². The van der Waals surface area contributed by atoms with Gasteiger partial charge in [0.25, 0.3) is 0 Å². The molecule has 0 saturated carbocycles. The number of rotatable bonds is 6. The molecular weight excluding hydrogens is 334 g/mol. The minimum absolute atomic E-state index is 0.264. The summed E-state index contributed by atoms with van der Waals surface area (Å²) >= 11 is 0. The largest absolute Gasteiger partial charge is 0.496 e. The quantitative estimate of drug-likeness (QED) is 0.742. The van der Waals surface area contributed by atoms with Crippen LogP contribution in [0.2, 0.25) is 0 Å². The van der Waals surface area contributed by atoms with Crippen LogP contribution in [0.5, 0.6) is 5.75 Å². The third kappa shape index (κ3) is 3.79. The zero-order valence-electron chi connectivity index (χ0n) is 14.8. The van der Waals surface area contributed by atoms with E-state index in [0.717, 1.165) is 16.8 Å². The number of nitrogens with zero attached hydrogens (tertiary/aromatic N) is 1. The molecule has 1 amide bonds. The van der Waals surface area contributed by atoms with Crippen LogP contribution in [0.15, 0.2) is 48.5 Å². The summed E-state index contributed by atoms with van der Waals surface area (Å²) in [5, 5.41) is 0. The highest BCUT2D eigenvalue weighted by atomic mass is 16.6. The predicted molar refractivity (Wildman–Crippen MR) is 96.3 cm³/mol. The summed E-state index contributed by atoms with van der Waals surface area (Å²) in [6.45, 7) is 0.438. The van der Waals surface area contributed by atoms with E-state index in [1.54, 1.807) is 12.0 Å². The number of carbonyl (C=O) groups excluding carboxylic acids is 2. The van der Waals surface area contributed by atoms with Crippen LogP contribution in [0.1, 0.15) is 23.7 Å². The number of carbonyl (C=O) groups is 2. The first-order valence-corrected chi connectivity index (χ1v) is 8.39. The molecular formula is C20H21NO5. The molecule has 0 aliphatic carbocycles. The summed E-state index contributed by atoms with van der Waals surface area (Å²) in [7, 11) is 2.95. The second-order valence-corrected chi connectivity index (χ2v) is 5.97. The van der Waals surface area contributed by atoms with E-state index in [1.807, 2.05) is 48.5 Å². The number of hydrogen-bond acceptors (Lipinski definition) is 5. The average Bonchev–Trinajstić information content (AvgIpc) is 3.08. The first-order valence-electron chi connectivity index (χ1n) is 8.39. The van der Waals surface area contributed by atoms with Crippen molar-refractivity contribution in [2.24, 2.45) is 0 Å². The van der Waals surface area contributed by atoms with Gasteiger partial charge in [-0.2, -0.15) is 0 Å². The maximum atomic E-state index is 12.2. The SMILES string of the molecule is COC(=O)CCc1ccc(C2CN(c3ccccc3)C(=O)O2)cc1OC. The van der Waals surface area contributed by atoms with Crippen LogP contribution in [-0.2, 0) is 20.7 Å². The second-order valence-electron chi connectivity index (χ2n) is 5.97. The molecule has 0 bridgehead atoms. The Morgan fingerprint density at radius 1 is 1.19 bits per heavy atom. The molecule has 136 valence electrons. The van der Waals surface area contributed by atoms with Crippen molar-refractivity contribution in [3.63, 3.8) is 0 Å². The molecule has 1 fully saturated rings. The lowest BCUT2D eigenvalue weighted by Crippen LogP contribution is -2.23. The lowest BCUT2D eigenvalue weighted by Gasteiger charge is -2.14. The number of hydrogen-bond donors (Lipinski definition) is 0. The number of benzene rings is 2. The maximum absolute atomic E-state index is 12.2. The van der Waals surface area contributed by atoms with Crippen LogP contribution >= 0.6 is 0 Å². The Labute approximate surface area is 152 Å². The summed E-state index contributed by atoms with van der Waals surface area (Å²) in [5.74, 6) is 0.403. The molecule has 1 heterocycles. The maximum Gasteiger partial charge on any atom is 0.415 e. The van der Waals surface area contributed by atoms with Gasteiger partial charge in [-0.05, 0) is 35.7 Å². The number of aryl methyl sites for hydroxylation is 1. The Morgan fingerprint density at radius 3 is 2.65 bits per heavy atom. The molecule has 1 saturated heterocycles. The first kappa shape index (κ1) is 17.8. The van der Waals surface area contributed by atoms with Crippen molar-refractivity contribution >= 4 is 17.7 Å². The molecule has 6 heteroatoms. The smallest absolute Gasteiger partial charge is 0.415 e. The van der Waals surface area contributed by atoms with Crippen LogP contribution in [0.3, 0.4) is 0 Å². The van der Waals surface area contributed by atoms with Crippen LogP contribution in [0.4, 0.5) is 10.5 Å². The minimum atomic E-state index is -0.369. The molecule has 0 radical (unpaired) electrons. The molecule has 6 nitrogen and oxygen atoms in total. The fourth-order valence-electron chi connectivity index (χ4n) is 2.96. The highest BCUT2D eigenvalue weighted by Gasteiger charge is 2.33. The Balaban J connectivity index is 1.75. The van der Waals surface area contributed by atoms with Gasteiger partial charge in [-0.15, -0.1) is 0 Å². The van der Waals surface area contributed by atoms with E-state index in [0.29, 0.717) is 18.7 Å². The van der Waals surface area contributed by atoms with E-state index >= 15 is 0 Å². The van der Waals surface area contributed by atoms with Crippen molar-refractivity contribution < 1.29 is 23.8 Å². The van der Waals surface area contributed by atoms with Gasteiger partial charge in [0.2, 0.25) is 0 Å². The molecule has 1 unspecified atom stereocenters. The van der Waals surface area contributed by atoms with Crippen LogP contribution in [-0.4, -0.2) is 32.8 Å². The molecule has 1 aliphatic heterocycles. The van der Waals surface area contributed by atoms with Crippen molar-refractivity contribution in [1.82, 2.24) is 0 Å². The highest BCUT2D eigenvalue weighted by Crippen LogP contribution is 2.33. The molecule has 1 aliphatic rings. The number of esters is 1. The van der Waals surface area contributed by atoms with Gasteiger partial charge in [0.1, 0.15) is 11.9 Å². The van der Waals surface area contributed by atoms with Gasteiger partial charge in [-0.1, -0.05) is 30.3 Å². The lowest BCUT2D eigenvalue weighted by molar-refractivity contribution is -0.140. The van der Waals surface area contributed by atoms with Crippen molar-refractivity contribution in [1.29, 1.82) is 0 Å². The van der Waals surface area contributed by atoms with Crippen LogP contribution in [0, 0.1) is 0 Å². The monoisotopic (exact) mass is 355 g/mol. The summed E-state index contributed by atoms with van der Waals surface area (Å²) in [5.41, 5.74) is 2.57. The summed E-state index contributed by atoms with van der Waals surface area (Å²) in [4.78, 5) is 25.2. The molecule has 2 aromatic carbocycles. The van der Waals surface area contributed by atoms with E-state index in [1.165, 1.54) is 7.11 Å². The van der Waals surface area contributed by atoms with Crippen LogP contribution < -0.4 is 9.64 Å². The molecule has 1 atom stereocenters. The number of anilines is 1. The zero-order chi connectivity index (χ0) is 18.5. The van der Waals surface area contributed by atoms with E-state index in [4.69, 9.17) is 9.47 Å². The van der Waals surface area contributed by atoms with Crippen molar-refractivity contribution in [2.75, 3.05) is 25.7 Å². The lowest BCUT2D eigenvalue weighted by atomic mass is 10.0. The number of para-hydroxylation sites is 1. The molecule has 0 spiro atoms. The Morgan fingerprint density at radius 2 is 1.96 bits per heavy atom. The number of methoxy groups -OCH3 is 2. The normalized spacial score (nSPS) is 16.3. The van der Waals surface area contributed by atoms with E-state index in [-0.39, 0.29) is 24.6 Å². The second kappa shape index (κ2) is 7.91. The molecule has 0 N–H and O–H groups in total. The molecule has 2 aromatic rings. The van der Waals surface area contributed by atoms with Gasteiger partial charge >= 0.3 is 12.1 Å². The van der Waals surface area contributed by atoms with Crippen LogP contribution in [0.25, 0.3) is 0 Å². The average molecular weight is 355 g/mol. The topological polar surface area (TPSA) is 65.1 Å². The Hall–Kier alpha value is -3.02. The van der Waals surface area contributed by atoms with E-state index < -0.39 is 0 Å². The molecule has 3 rings (SSSR count). The van der Waals surface area contributed by atoms with Gasteiger partial charge in [0.15, 0.2) is 0 Å².